The zero-order valence-electron chi connectivity index (χ0n) is 14.0. The van der Waals surface area contributed by atoms with Gasteiger partial charge in [0.2, 0.25) is 0 Å². The molecule has 0 saturated carbocycles. The Balaban J connectivity index is 1.53. The highest BCUT2D eigenvalue weighted by Gasteiger charge is 2.24. The molecule has 2 aromatic rings. The van der Waals surface area contributed by atoms with Crippen molar-refractivity contribution in [2.75, 3.05) is 50.8 Å². The first-order valence-corrected chi connectivity index (χ1v) is 9.69. The van der Waals surface area contributed by atoms with Crippen LogP contribution in [-0.2, 0) is 4.74 Å². The molecule has 4 nitrogen and oxygen atoms in total. The Morgan fingerprint density at radius 3 is 2.92 bits per heavy atom. The Labute approximate surface area is 151 Å². The van der Waals surface area contributed by atoms with Gasteiger partial charge in [0.05, 0.1) is 18.7 Å². The van der Waals surface area contributed by atoms with Crippen molar-refractivity contribution in [3.05, 3.63) is 34.9 Å². The van der Waals surface area contributed by atoms with Crippen LogP contribution < -0.4 is 4.90 Å². The van der Waals surface area contributed by atoms with Crippen LogP contribution in [-0.4, -0.2) is 55.8 Å². The summed E-state index contributed by atoms with van der Waals surface area (Å²) in [5, 5.41) is 1.25. The number of benzene rings is 1. The van der Waals surface area contributed by atoms with E-state index in [0.717, 1.165) is 55.3 Å². The number of hydrogen-bond acceptors (Lipinski definition) is 4. The lowest BCUT2D eigenvalue weighted by Crippen LogP contribution is -2.44. The molecule has 2 aliphatic rings. The quantitative estimate of drug-likeness (QED) is 0.802. The SMILES string of the molecule is Brc1cccc2c(N3CCCC(CN4CCOCC4)C3)ccnc12. The second-order valence-electron chi connectivity index (χ2n) is 6.83. The lowest BCUT2D eigenvalue weighted by molar-refractivity contribution is 0.0296. The highest BCUT2D eigenvalue weighted by Crippen LogP contribution is 2.32. The zero-order valence-corrected chi connectivity index (χ0v) is 15.5. The van der Waals surface area contributed by atoms with E-state index in [1.54, 1.807) is 0 Å². The molecule has 0 bridgehead atoms. The minimum absolute atomic E-state index is 0.743. The molecule has 0 aliphatic carbocycles. The van der Waals surface area contributed by atoms with Crippen LogP contribution in [0.1, 0.15) is 12.8 Å². The van der Waals surface area contributed by atoms with Crippen LogP contribution in [0.25, 0.3) is 10.9 Å². The number of fused-ring (bicyclic) bond motifs is 1. The van der Waals surface area contributed by atoms with Gasteiger partial charge >= 0.3 is 0 Å². The molecule has 24 heavy (non-hydrogen) atoms. The molecule has 3 heterocycles. The Morgan fingerprint density at radius 1 is 1.17 bits per heavy atom. The molecule has 2 aliphatic heterocycles. The van der Waals surface area contributed by atoms with E-state index in [0.29, 0.717) is 0 Å². The molecule has 1 aromatic carbocycles. The smallest absolute Gasteiger partial charge is 0.0864 e. The largest absolute Gasteiger partial charge is 0.379 e. The molecule has 4 rings (SSSR count). The summed E-state index contributed by atoms with van der Waals surface area (Å²) in [4.78, 5) is 9.68. The molecule has 128 valence electrons. The summed E-state index contributed by atoms with van der Waals surface area (Å²) in [5.41, 5.74) is 2.39. The maximum Gasteiger partial charge on any atom is 0.0864 e. The van der Waals surface area contributed by atoms with E-state index in [4.69, 9.17) is 4.74 Å². The van der Waals surface area contributed by atoms with Gasteiger partial charge in [0.25, 0.3) is 0 Å². The minimum Gasteiger partial charge on any atom is -0.379 e. The number of halogens is 1. The van der Waals surface area contributed by atoms with Crippen LogP contribution in [0.4, 0.5) is 5.69 Å². The van der Waals surface area contributed by atoms with Crippen LogP contribution in [0.2, 0.25) is 0 Å². The van der Waals surface area contributed by atoms with Crippen molar-refractivity contribution in [1.29, 1.82) is 0 Å². The standard InChI is InChI=1S/C19H24BrN3O/c20-17-5-1-4-16-18(6-7-21-19(16)17)23-8-2-3-15(14-23)13-22-9-11-24-12-10-22/h1,4-7,15H,2-3,8-14H2. The van der Waals surface area contributed by atoms with E-state index < -0.39 is 0 Å². The molecule has 1 aromatic heterocycles. The van der Waals surface area contributed by atoms with Crippen molar-refractivity contribution in [3.8, 4) is 0 Å². The number of hydrogen-bond donors (Lipinski definition) is 0. The highest BCUT2D eigenvalue weighted by atomic mass is 79.9. The van der Waals surface area contributed by atoms with Crippen molar-refractivity contribution < 1.29 is 4.74 Å². The van der Waals surface area contributed by atoms with Crippen LogP contribution in [0.5, 0.6) is 0 Å². The van der Waals surface area contributed by atoms with Gasteiger partial charge < -0.3 is 9.64 Å². The van der Waals surface area contributed by atoms with E-state index in [2.05, 4.69) is 55.0 Å². The second-order valence-corrected chi connectivity index (χ2v) is 7.69. The van der Waals surface area contributed by atoms with Gasteiger partial charge in [-0.3, -0.25) is 9.88 Å². The summed E-state index contributed by atoms with van der Waals surface area (Å²) in [6.07, 6.45) is 4.54. The van der Waals surface area contributed by atoms with Gasteiger partial charge in [0, 0.05) is 54.5 Å². The van der Waals surface area contributed by atoms with Gasteiger partial charge in [0.15, 0.2) is 0 Å². The topological polar surface area (TPSA) is 28.6 Å². The number of morpholine rings is 1. The molecule has 0 spiro atoms. The van der Waals surface area contributed by atoms with E-state index >= 15 is 0 Å². The lowest BCUT2D eigenvalue weighted by atomic mass is 9.96. The van der Waals surface area contributed by atoms with Gasteiger partial charge in [-0.25, -0.2) is 0 Å². The predicted molar refractivity (Wildman–Crippen MR) is 102 cm³/mol. The van der Waals surface area contributed by atoms with E-state index in [-0.39, 0.29) is 0 Å². The number of aromatic nitrogens is 1. The molecule has 0 radical (unpaired) electrons. The first-order valence-electron chi connectivity index (χ1n) is 8.89. The van der Waals surface area contributed by atoms with E-state index in [1.165, 1.54) is 30.5 Å². The van der Waals surface area contributed by atoms with Crippen molar-refractivity contribution in [2.45, 2.75) is 12.8 Å². The van der Waals surface area contributed by atoms with Gasteiger partial charge in [-0.2, -0.15) is 0 Å². The fourth-order valence-corrected chi connectivity index (χ4v) is 4.45. The summed E-state index contributed by atoms with van der Waals surface area (Å²) in [6, 6.07) is 8.53. The Hall–Kier alpha value is -1.17. The van der Waals surface area contributed by atoms with Gasteiger partial charge in [-0.1, -0.05) is 12.1 Å². The Bertz CT molecular complexity index is 702. The summed E-state index contributed by atoms with van der Waals surface area (Å²) < 4.78 is 6.55. The predicted octanol–water partition coefficient (Wildman–Crippen LogP) is 3.55. The Morgan fingerprint density at radius 2 is 2.04 bits per heavy atom. The molecule has 2 fully saturated rings. The molecule has 0 amide bonds. The van der Waals surface area contributed by atoms with Crippen molar-refractivity contribution in [2.24, 2.45) is 5.92 Å². The molecule has 1 unspecified atom stereocenters. The number of rotatable bonds is 3. The number of pyridine rings is 1. The first-order chi connectivity index (χ1) is 11.8. The molecular weight excluding hydrogens is 366 g/mol. The summed E-state index contributed by atoms with van der Waals surface area (Å²) >= 11 is 3.63. The summed E-state index contributed by atoms with van der Waals surface area (Å²) in [6.45, 7) is 7.43. The molecule has 1 atom stereocenters. The minimum atomic E-state index is 0.743. The summed E-state index contributed by atoms with van der Waals surface area (Å²) in [7, 11) is 0. The first kappa shape index (κ1) is 16.3. The average molecular weight is 390 g/mol. The molecule has 5 heteroatoms. The van der Waals surface area contributed by atoms with Crippen LogP contribution in [0.3, 0.4) is 0 Å². The molecule has 2 saturated heterocycles. The normalized spacial score (nSPS) is 22.9. The third-order valence-electron chi connectivity index (χ3n) is 5.18. The van der Waals surface area contributed by atoms with Crippen molar-refractivity contribution >= 4 is 32.5 Å². The van der Waals surface area contributed by atoms with Gasteiger partial charge in [-0.05, 0) is 46.8 Å². The number of ether oxygens (including phenoxy) is 1. The monoisotopic (exact) mass is 389 g/mol. The van der Waals surface area contributed by atoms with Gasteiger partial charge in [-0.15, -0.1) is 0 Å². The number of nitrogens with zero attached hydrogens (tertiary/aromatic N) is 3. The third-order valence-corrected chi connectivity index (χ3v) is 5.82. The summed E-state index contributed by atoms with van der Waals surface area (Å²) in [5.74, 6) is 0.743. The van der Waals surface area contributed by atoms with E-state index in [1.807, 2.05) is 6.20 Å². The van der Waals surface area contributed by atoms with Crippen LogP contribution in [0.15, 0.2) is 34.9 Å². The average Bonchev–Trinajstić information content (AvgIpc) is 2.63. The molecular formula is C19H24BrN3O. The van der Waals surface area contributed by atoms with E-state index in [9.17, 15) is 0 Å². The second kappa shape index (κ2) is 7.38. The zero-order chi connectivity index (χ0) is 16.4. The lowest BCUT2D eigenvalue weighted by Gasteiger charge is -2.38. The fraction of sp³-hybridized carbons (Fsp3) is 0.526. The van der Waals surface area contributed by atoms with Crippen molar-refractivity contribution in [3.63, 3.8) is 0 Å². The van der Waals surface area contributed by atoms with Gasteiger partial charge in [0.1, 0.15) is 0 Å². The third kappa shape index (κ3) is 3.44. The Kier molecular flexibility index (Phi) is 5.01. The maximum atomic E-state index is 5.48. The number of para-hydroxylation sites is 1. The molecule has 0 N–H and O–H groups in total. The number of piperidine rings is 1. The fourth-order valence-electron chi connectivity index (χ4n) is 3.98. The number of anilines is 1. The van der Waals surface area contributed by atoms with Crippen molar-refractivity contribution in [1.82, 2.24) is 9.88 Å². The van der Waals surface area contributed by atoms with Crippen LogP contribution in [0, 0.1) is 5.92 Å². The van der Waals surface area contributed by atoms with Crippen LogP contribution >= 0.6 is 15.9 Å². The highest BCUT2D eigenvalue weighted by molar-refractivity contribution is 9.10. The maximum absolute atomic E-state index is 5.48.